The summed E-state index contributed by atoms with van der Waals surface area (Å²) in [7, 11) is 0. The SMILES string of the molecule is O=C(NCCC1CCCN1)c1ccoc1. The molecule has 4 heteroatoms. The molecule has 1 fully saturated rings. The molecule has 2 heterocycles. The molecule has 1 aromatic heterocycles. The van der Waals surface area contributed by atoms with Crippen LogP contribution in [0.4, 0.5) is 0 Å². The lowest BCUT2D eigenvalue weighted by Crippen LogP contribution is -2.30. The Balaban J connectivity index is 1.67. The van der Waals surface area contributed by atoms with Gasteiger partial charge in [-0.2, -0.15) is 0 Å². The van der Waals surface area contributed by atoms with E-state index in [0.717, 1.165) is 19.5 Å². The molecule has 0 bridgehead atoms. The number of furan rings is 1. The second-order valence-corrected chi connectivity index (χ2v) is 3.85. The first-order chi connectivity index (χ1) is 7.36. The van der Waals surface area contributed by atoms with Crippen LogP contribution in [-0.4, -0.2) is 25.0 Å². The number of carbonyl (C=O) groups is 1. The van der Waals surface area contributed by atoms with Crippen LogP contribution in [0.5, 0.6) is 0 Å². The summed E-state index contributed by atoms with van der Waals surface area (Å²) in [5, 5.41) is 6.27. The lowest BCUT2D eigenvalue weighted by molar-refractivity contribution is 0.0951. The van der Waals surface area contributed by atoms with Crippen molar-refractivity contribution >= 4 is 5.91 Å². The van der Waals surface area contributed by atoms with E-state index in [9.17, 15) is 4.79 Å². The Morgan fingerprint density at radius 2 is 2.60 bits per heavy atom. The van der Waals surface area contributed by atoms with Crippen molar-refractivity contribution in [2.75, 3.05) is 13.1 Å². The molecule has 0 radical (unpaired) electrons. The van der Waals surface area contributed by atoms with Crippen LogP contribution < -0.4 is 10.6 Å². The minimum atomic E-state index is -0.0539. The van der Waals surface area contributed by atoms with Gasteiger partial charge in [0.2, 0.25) is 0 Å². The van der Waals surface area contributed by atoms with E-state index in [1.165, 1.54) is 25.4 Å². The van der Waals surface area contributed by atoms with Crippen molar-refractivity contribution < 1.29 is 9.21 Å². The second-order valence-electron chi connectivity index (χ2n) is 3.85. The highest BCUT2D eigenvalue weighted by Gasteiger charge is 2.14. The van der Waals surface area contributed by atoms with Crippen LogP contribution in [0.1, 0.15) is 29.6 Å². The number of amides is 1. The number of carbonyl (C=O) groups excluding carboxylic acids is 1. The molecule has 1 aliphatic rings. The minimum absolute atomic E-state index is 0.0539. The van der Waals surface area contributed by atoms with Crippen LogP contribution in [0.25, 0.3) is 0 Å². The molecular weight excluding hydrogens is 192 g/mol. The summed E-state index contributed by atoms with van der Waals surface area (Å²) in [6.07, 6.45) is 6.45. The fourth-order valence-corrected chi connectivity index (χ4v) is 1.86. The summed E-state index contributed by atoms with van der Waals surface area (Å²) in [5.41, 5.74) is 0.592. The van der Waals surface area contributed by atoms with Gasteiger partial charge in [0.1, 0.15) is 6.26 Å². The van der Waals surface area contributed by atoms with E-state index in [2.05, 4.69) is 10.6 Å². The van der Waals surface area contributed by atoms with E-state index in [4.69, 9.17) is 4.42 Å². The number of hydrogen-bond donors (Lipinski definition) is 2. The monoisotopic (exact) mass is 208 g/mol. The van der Waals surface area contributed by atoms with Gasteiger partial charge in [0.15, 0.2) is 0 Å². The van der Waals surface area contributed by atoms with Crippen LogP contribution in [0.2, 0.25) is 0 Å². The number of hydrogen-bond acceptors (Lipinski definition) is 3. The predicted octanol–water partition coefficient (Wildman–Crippen LogP) is 1.15. The second kappa shape index (κ2) is 4.98. The van der Waals surface area contributed by atoms with Crippen LogP contribution in [0.15, 0.2) is 23.0 Å². The van der Waals surface area contributed by atoms with Crippen molar-refractivity contribution in [1.82, 2.24) is 10.6 Å². The molecule has 1 saturated heterocycles. The highest BCUT2D eigenvalue weighted by atomic mass is 16.3. The maximum atomic E-state index is 11.5. The molecule has 0 spiro atoms. The lowest BCUT2D eigenvalue weighted by atomic mass is 10.1. The van der Waals surface area contributed by atoms with Crippen LogP contribution in [0, 0.1) is 0 Å². The molecule has 2 N–H and O–H groups in total. The molecule has 1 atom stereocenters. The average Bonchev–Trinajstić information content (AvgIpc) is 2.90. The van der Waals surface area contributed by atoms with E-state index in [-0.39, 0.29) is 5.91 Å². The summed E-state index contributed by atoms with van der Waals surface area (Å²) in [6.45, 7) is 1.84. The van der Waals surface area contributed by atoms with Gasteiger partial charge in [-0.25, -0.2) is 0 Å². The molecule has 1 aliphatic heterocycles. The first-order valence-corrected chi connectivity index (χ1v) is 5.40. The molecule has 0 aliphatic carbocycles. The summed E-state index contributed by atoms with van der Waals surface area (Å²) in [6, 6.07) is 2.25. The van der Waals surface area contributed by atoms with Gasteiger partial charge < -0.3 is 15.1 Å². The van der Waals surface area contributed by atoms with Crippen molar-refractivity contribution in [3.8, 4) is 0 Å². The van der Waals surface area contributed by atoms with Gasteiger partial charge in [-0.1, -0.05) is 0 Å². The highest BCUT2D eigenvalue weighted by Crippen LogP contribution is 2.07. The summed E-state index contributed by atoms with van der Waals surface area (Å²) < 4.78 is 4.84. The van der Waals surface area contributed by atoms with E-state index in [1.54, 1.807) is 6.07 Å². The topological polar surface area (TPSA) is 54.3 Å². The van der Waals surface area contributed by atoms with Crippen LogP contribution in [0.3, 0.4) is 0 Å². The Kier molecular flexibility index (Phi) is 3.40. The predicted molar refractivity (Wildman–Crippen MR) is 56.7 cm³/mol. The molecule has 1 aromatic rings. The van der Waals surface area contributed by atoms with Gasteiger partial charge in [0.25, 0.3) is 5.91 Å². The average molecular weight is 208 g/mol. The molecule has 82 valence electrons. The van der Waals surface area contributed by atoms with Crippen molar-refractivity contribution in [3.05, 3.63) is 24.2 Å². The summed E-state index contributed by atoms with van der Waals surface area (Å²) >= 11 is 0. The van der Waals surface area contributed by atoms with Gasteiger partial charge in [0, 0.05) is 12.6 Å². The minimum Gasteiger partial charge on any atom is -0.472 e. The quantitative estimate of drug-likeness (QED) is 0.780. The lowest BCUT2D eigenvalue weighted by Gasteiger charge is -2.09. The third-order valence-electron chi connectivity index (χ3n) is 2.72. The van der Waals surface area contributed by atoms with Crippen molar-refractivity contribution in [3.63, 3.8) is 0 Å². The first-order valence-electron chi connectivity index (χ1n) is 5.40. The van der Waals surface area contributed by atoms with Gasteiger partial charge in [-0.05, 0) is 31.9 Å². The van der Waals surface area contributed by atoms with Crippen molar-refractivity contribution in [2.45, 2.75) is 25.3 Å². The van der Waals surface area contributed by atoms with Gasteiger partial charge in [-0.3, -0.25) is 4.79 Å². The fraction of sp³-hybridized carbons (Fsp3) is 0.545. The third-order valence-corrected chi connectivity index (χ3v) is 2.72. The summed E-state index contributed by atoms with van der Waals surface area (Å²) in [5.74, 6) is -0.0539. The first kappa shape index (κ1) is 10.2. The smallest absolute Gasteiger partial charge is 0.254 e. The van der Waals surface area contributed by atoms with E-state index < -0.39 is 0 Å². The fourth-order valence-electron chi connectivity index (χ4n) is 1.86. The maximum absolute atomic E-state index is 11.5. The normalized spacial score (nSPS) is 20.4. The van der Waals surface area contributed by atoms with Crippen LogP contribution >= 0.6 is 0 Å². The van der Waals surface area contributed by atoms with E-state index >= 15 is 0 Å². The maximum Gasteiger partial charge on any atom is 0.254 e. The Bertz CT molecular complexity index is 302. The summed E-state index contributed by atoms with van der Waals surface area (Å²) in [4.78, 5) is 11.5. The van der Waals surface area contributed by atoms with Gasteiger partial charge in [-0.15, -0.1) is 0 Å². The molecule has 1 unspecified atom stereocenters. The highest BCUT2D eigenvalue weighted by molar-refractivity contribution is 5.93. The molecule has 15 heavy (non-hydrogen) atoms. The molecule has 2 rings (SSSR count). The van der Waals surface area contributed by atoms with E-state index in [1.807, 2.05) is 0 Å². The Hall–Kier alpha value is -1.29. The molecule has 0 aromatic carbocycles. The Morgan fingerprint density at radius 1 is 1.67 bits per heavy atom. The molecule has 0 saturated carbocycles. The van der Waals surface area contributed by atoms with Crippen LogP contribution in [-0.2, 0) is 0 Å². The zero-order valence-corrected chi connectivity index (χ0v) is 8.66. The van der Waals surface area contributed by atoms with Crippen molar-refractivity contribution in [1.29, 1.82) is 0 Å². The molecule has 1 amide bonds. The molecule has 4 nitrogen and oxygen atoms in total. The van der Waals surface area contributed by atoms with Gasteiger partial charge in [0.05, 0.1) is 11.8 Å². The zero-order valence-electron chi connectivity index (χ0n) is 8.66. The van der Waals surface area contributed by atoms with Gasteiger partial charge >= 0.3 is 0 Å². The standard InChI is InChI=1S/C11H16N2O2/c14-11(9-4-7-15-8-9)13-6-3-10-2-1-5-12-10/h4,7-8,10,12H,1-3,5-6H2,(H,13,14). The molecular formula is C11H16N2O2. The largest absolute Gasteiger partial charge is 0.472 e. The third kappa shape index (κ3) is 2.83. The number of rotatable bonds is 4. The van der Waals surface area contributed by atoms with E-state index in [0.29, 0.717) is 11.6 Å². The number of nitrogens with one attached hydrogen (secondary N) is 2. The Morgan fingerprint density at radius 3 is 3.27 bits per heavy atom. The Labute approximate surface area is 89.0 Å². The van der Waals surface area contributed by atoms with Crippen molar-refractivity contribution in [2.24, 2.45) is 0 Å². The zero-order chi connectivity index (χ0) is 10.5.